The molecule has 172 valence electrons. The summed E-state index contributed by atoms with van der Waals surface area (Å²) in [7, 11) is 0. The quantitative estimate of drug-likeness (QED) is 0.488. The third kappa shape index (κ3) is 4.41. The maximum absolute atomic E-state index is 13.5. The number of benzene rings is 1. The first-order valence-electron chi connectivity index (χ1n) is 11.4. The van der Waals surface area contributed by atoms with Gasteiger partial charge in [-0.2, -0.15) is 0 Å². The standard InChI is InChI=1S/C26H29N3O4/c1-4-28(5-2)13-8-14-29-23(19-9-6-7-12-27-19)22(25(31)26(29)32)24(30)21-16-18-15-17(3)10-11-20(18)33-21/h6-7,9-12,15-16,23,31H,4-5,8,13-14H2,1-3H3. The SMILES string of the molecule is CCN(CC)CCCN1C(=O)C(O)=C(C(=O)c2cc3cc(C)ccc3o2)C1c1ccccn1. The van der Waals surface area contributed by atoms with Gasteiger partial charge in [-0.1, -0.05) is 31.5 Å². The number of aryl methyl sites for hydroxylation is 1. The topological polar surface area (TPSA) is 86.9 Å². The van der Waals surface area contributed by atoms with Gasteiger partial charge in [-0.3, -0.25) is 14.6 Å². The van der Waals surface area contributed by atoms with E-state index in [9.17, 15) is 14.7 Å². The summed E-state index contributed by atoms with van der Waals surface area (Å²) in [6, 6.07) is 11.9. The van der Waals surface area contributed by atoms with E-state index >= 15 is 0 Å². The van der Waals surface area contributed by atoms with Crippen LogP contribution in [0.2, 0.25) is 0 Å². The molecule has 0 saturated heterocycles. The molecule has 1 N–H and O–H groups in total. The lowest BCUT2D eigenvalue weighted by molar-refractivity contribution is -0.129. The van der Waals surface area contributed by atoms with Crippen LogP contribution in [0.3, 0.4) is 0 Å². The van der Waals surface area contributed by atoms with Crippen LogP contribution in [0.4, 0.5) is 0 Å². The highest BCUT2D eigenvalue weighted by Gasteiger charge is 2.45. The van der Waals surface area contributed by atoms with E-state index in [1.165, 1.54) is 0 Å². The monoisotopic (exact) mass is 447 g/mol. The Morgan fingerprint density at radius 3 is 2.67 bits per heavy atom. The predicted octanol–water partition coefficient (Wildman–Crippen LogP) is 4.45. The molecule has 1 aliphatic rings. The van der Waals surface area contributed by atoms with E-state index in [1.54, 1.807) is 29.3 Å². The number of hydrogen-bond acceptors (Lipinski definition) is 6. The number of hydrogen-bond donors (Lipinski definition) is 1. The van der Waals surface area contributed by atoms with Crippen molar-refractivity contribution in [3.8, 4) is 0 Å². The number of aliphatic hydroxyl groups is 1. The second kappa shape index (κ2) is 9.58. The fourth-order valence-corrected chi connectivity index (χ4v) is 4.37. The molecule has 3 heterocycles. The summed E-state index contributed by atoms with van der Waals surface area (Å²) in [6.45, 7) is 9.22. The molecule has 2 aromatic heterocycles. The van der Waals surface area contributed by atoms with Gasteiger partial charge in [-0.25, -0.2) is 0 Å². The van der Waals surface area contributed by atoms with Crippen LogP contribution in [0.1, 0.15) is 48.1 Å². The van der Waals surface area contributed by atoms with Crippen molar-refractivity contribution in [3.63, 3.8) is 0 Å². The molecule has 7 heteroatoms. The third-order valence-electron chi connectivity index (χ3n) is 6.18. The smallest absolute Gasteiger partial charge is 0.290 e. The Balaban J connectivity index is 1.68. The van der Waals surface area contributed by atoms with E-state index in [0.29, 0.717) is 17.8 Å². The number of aromatic nitrogens is 1. The van der Waals surface area contributed by atoms with Gasteiger partial charge < -0.3 is 19.3 Å². The molecular formula is C26H29N3O4. The van der Waals surface area contributed by atoms with Crippen LogP contribution < -0.4 is 0 Å². The Morgan fingerprint density at radius 2 is 1.97 bits per heavy atom. The molecule has 4 rings (SSSR count). The number of carbonyl (C=O) groups excluding carboxylic acids is 2. The molecule has 0 saturated carbocycles. The first-order chi connectivity index (χ1) is 15.9. The molecule has 0 aliphatic carbocycles. The maximum Gasteiger partial charge on any atom is 0.290 e. The van der Waals surface area contributed by atoms with Gasteiger partial charge in [-0.05, 0) is 63.3 Å². The van der Waals surface area contributed by atoms with Crippen LogP contribution in [-0.2, 0) is 4.79 Å². The summed E-state index contributed by atoms with van der Waals surface area (Å²) in [4.78, 5) is 34.8. The molecule has 0 fully saturated rings. The van der Waals surface area contributed by atoms with Gasteiger partial charge in [0.2, 0.25) is 5.78 Å². The largest absolute Gasteiger partial charge is 0.503 e. The summed E-state index contributed by atoms with van der Waals surface area (Å²) in [5.74, 6) is -1.50. The summed E-state index contributed by atoms with van der Waals surface area (Å²) >= 11 is 0. The fourth-order valence-electron chi connectivity index (χ4n) is 4.37. The molecule has 0 radical (unpaired) electrons. The van der Waals surface area contributed by atoms with E-state index in [1.807, 2.05) is 31.2 Å². The Labute approximate surface area is 193 Å². The average Bonchev–Trinajstić information content (AvgIpc) is 3.36. The van der Waals surface area contributed by atoms with Crippen molar-refractivity contribution in [2.75, 3.05) is 26.2 Å². The summed E-state index contributed by atoms with van der Waals surface area (Å²) in [6.07, 6.45) is 2.34. The van der Waals surface area contributed by atoms with Crippen molar-refractivity contribution in [1.82, 2.24) is 14.8 Å². The second-order valence-corrected chi connectivity index (χ2v) is 8.28. The molecule has 1 unspecified atom stereocenters. The van der Waals surface area contributed by atoms with Crippen molar-refractivity contribution in [3.05, 3.63) is 77.0 Å². The number of amides is 1. The van der Waals surface area contributed by atoms with Gasteiger partial charge in [0.1, 0.15) is 11.6 Å². The Hall–Kier alpha value is -3.45. The highest BCUT2D eigenvalue weighted by Crippen LogP contribution is 2.39. The molecule has 7 nitrogen and oxygen atoms in total. The first-order valence-corrected chi connectivity index (χ1v) is 11.4. The average molecular weight is 448 g/mol. The summed E-state index contributed by atoms with van der Waals surface area (Å²) in [5.41, 5.74) is 2.18. The molecule has 33 heavy (non-hydrogen) atoms. The minimum Gasteiger partial charge on any atom is -0.503 e. The number of pyridine rings is 1. The predicted molar refractivity (Wildman–Crippen MR) is 126 cm³/mol. The number of ketones is 1. The van der Waals surface area contributed by atoms with Gasteiger partial charge in [0.05, 0.1) is 11.3 Å². The molecule has 0 spiro atoms. The lowest BCUT2D eigenvalue weighted by Crippen LogP contribution is -2.34. The van der Waals surface area contributed by atoms with Gasteiger partial charge in [0, 0.05) is 18.1 Å². The van der Waals surface area contributed by atoms with Crippen LogP contribution in [0, 0.1) is 6.92 Å². The summed E-state index contributed by atoms with van der Waals surface area (Å²) in [5, 5.41) is 11.6. The van der Waals surface area contributed by atoms with Crippen molar-refractivity contribution in [2.45, 2.75) is 33.2 Å². The number of Topliss-reactive ketones (excluding diaryl/α,β-unsaturated/α-hetero) is 1. The third-order valence-corrected chi connectivity index (χ3v) is 6.18. The molecule has 0 bridgehead atoms. The Kier molecular flexibility index (Phi) is 6.60. The fraction of sp³-hybridized carbons (Fsp3) is 0.346. The number of fused-ring (bicyclic) bond motifs is 1. The lowest BCUT2D eigenvalue weighted by Gasteiger charge is -2.27. The van der Waals surface area contributed by atoms with Crippen molar-refractivity contribution in [2.24, 2.45) is 0 Å². The lowest BCUT2D eigenvalue weighted by atomic mass is 9.98. The highest BCUT2D eigenvalue weighted by atomic mass is 16.3. The Morgan fingerprint density at radius 1 is 1.18 bits per heavy atom. The van der Waals surface area contributed by atoms with Gasteiger partial charge in [0.25, 0.3) is 5.91 Å². The van der Waals surface area contributed by atoms with Crippen LogP contribution in [0.5, 0.6) is 0 Å². The number of aliphatic hydroxyl groups excluding tert-OH is 1. The molecule has 1 atom stereocenters. The zero-order valence-electron chi connectivity index (χ0n) is 19.2. The normalized spacial score (nSPS) is 16.4. The van der Waals surface area contributed by atoms with Gasteiger partial charge in [-0.15, -0.1) is 0 Å². The molecule has 1 aromatic carbocycles. The maximum atomic E-state index is 13.5. The van der Waals surface area contributed by atoms with Crippen LogP contribution in [0.25, 0.3) is 11.0 Å². The second-order valence-electron chi connectivity index (χ2n) is 8.28. The minimum absolute atomic E-state index is 0.0114. The van der Waals surface area contributed by atoms with Crippen molar-refractivity contribution >= 4 is 22.7 Å². The van der Waals surface area contributed by atoms with E-state index in [2.05, 4.69) is 23.7 Å². The van der Waals surface area contributed by atoms with E-state index < -0.39 is 23.5 Å². The number of nitrogens with zero attached hydrogens (tertiary/aromatic N) is 3. The highest BCUT2D eigenvalue weighted by molar-refractivity contribution is 6.15. The number of carbonyl (C=O) groups is 2. The molecule has 1 amide bonds. The van der Waals surface area contributed by atoms with Crippen LogP contribution in [-0.4, -0.2) is 57.8 Å². The zero-order chi connectivity index (χ0) is 23.5. The molecular weight excluding hydrogens is 418 g/mol. The minimum atomic E-state index is -0.766. The van der Waals surface area contributed by atoms with Gasteiger partial charge in [0.15, 0.2) is 11.5 Å². The van der Waals surface area contributed by atoms with E-state index in [0.717, 1.165) is 37.0 Å². The van der Waals surface area contributed by atoms with Crippen LogP contribution >= 0.6 is 0 Å². The Bertz CT molecular complexity index is 1190. The first kappa shape index (κ1) is 22.7. The number of rotatable bonds is 9. The van der Waals surface area contributed by atoms with E-state index in [-0.39, 0.29) is 11.3 Å². The summed E-state index contributed by atoms with van der Waals surface area (Å²) < 4.78 is 5.79. The molecule has 3 aromatic rings. The van der Waals surface area contributed by atoms with E-state index in [4.69, 9.17) is 4.42 Å². The van der Waals surface area contributed by atoms with Crippen molar-refractivity contribution in [1.29, 1.82) is 0 Å². The van der Waals surface area contributed by atoms with Crippen LogP contribution in [0.15, 0.2) is 64.4 Å². The number of furan rings is 1. The van der Waals surface area contributed by atoms with Crippen molar-refractivity contribution < 1.29 is 19.1 Å². The zero-order valence-corrected chi connectivity index (χ0v) is 19.2. The molecule has 1 aliphatic heterocycles. The van der Waals surface area contributed by atoms with Gasteiger partial charge >= 0.3 is 0 Å².